The van der Waals surface area contributed by atoms with Gasteiger partial charge in [0.05, 0.1) is 43.6 Å². The first kappa shape index (κ1) is 54.6. The smallest absolute Gasteiger partial charge is 0.338 e. The van der Waals surface area contributed by atoms with Crippen LogP contribution in [0.25, 0.3) is 0 Å². The fourth-order valence-corrected chi connectivity index (χ4v) is 8.94. The van der Waals surface area contributed by atoms with Crippen LogP contribution >= 0.6 is 0 Å². The molecule has 1 spiro atoms. The first-order chi connectivity index (χ1) is 34.1. The molecule has 6 rings (SSSR count). The molecule has 1 aliphatic carbocycles. The van der Waals surface area contributed by atoms with E-state index in [1.54, 1.807) is 36.4 Å². The van der Waals surface area contributed by atoms with Crippen molar-refractivity contribution in [1.29, 1.82) is 0 Å². The third kappa shape index (κ3) is 13.0. The third-order valence-electron chi connectivity index (χ3n) is 11.6. The summed E-state index contributed by atoms with van der Waals surface area (Å²) in [6.45, 7) is 7.81. The van der Waals surface area contributed by atoms with Crippen LogP contribution in [0.3, 0.4) is 0 Å². The van der Waals surface area contributed by atoms with Crippen molar-refractivity contribution in [2.45, 2.75) is 141 Å². The van der Waals surface area contributed by atoms with Crippen molar-refractivity contribution in [2.75, 3.05) is 20.3 Å². The molecule has 24 heteroatoms. The largest absolute Gasteiger partial charge is 0.471 e. The van der Waals surface area contributed by atoms with Gasteiger partial charge in [-0.2, -0.15) is 0 Å². The second kappa shape index (κ2) is 23.7. The second-order valence-electron chi connectivity index (χ2n) is 17.1. The number of benzene rings is 1. The van der Waals surface area contributed by atoms with Gasteiger partial charge in [-0.05, 0) is 24.6 Å². The van der Waals surface area contributed by atoms with Gasteiger partial charge in [-0.1, -0.05) is 36.4 Å². The number of carbonyl (C=O) groups is 9. The van der Waals surface area contributed by atoms with Gasteiger partial charge in [-0.3, -0.25) is 33.6 Å². The third-order valence-corrected chi connectivity index (χ3v) is 11.6. The lowest BCUT2D eigenvalue weighted by Gasteiger charge is -2.49. The highest BCUT2D eigenvalue weighted by Gasteiger charge is 2.62. The lowest BCUT2D eigenvalue weighted by molar-refractivity contribution is -0.377. The van der Waals surface area contributed by atoms with Crippen LogP contribution in [0.15, 0.2) is 66.0 Å². The molecule has 0 radical (unpaired) electrons. The fraction of sp³-hybridized carbons (Fsp3) is 0.562. The highest BCUT2D eigenvalue weighted by molar-refractivity contribution is 5.94. The Morgan fingerprint density at radius 1 is 0.639 bits per heavy atom. The van der Waals surface area contributed by atoms with Crippen LogP contribution in [0.1, 0.15) is 61.0 Å². The van der Waals surface area contributed by atoms with E-state index in [4.69, 9.17) is 71.1 Å². The SMILES string of the molecule is COC(=O)C1=CO[C@H](O[C@@H]2O[C@H](COCc3ccccc3)[C@@H](O[C@@H]3O[C@H](COC(C)=O)[C@H](OC(C)=O)[C@H](OC(C)=O)[C@H]3OC(C)=O)[C@H](OC(C)=O)[C@H]2OC(C)=O)[C@H]2[C@@H]1C=CC21C=C([C@H](C)OC(C)=O)C(=O)O1. The molecule has 0 saturated carbocycles. The number of hydrogen-bond acceptors (Lipinski definition) is 24. The van der Waals surface area contributed by atoms with Gasteiger partial charge in [-0.15, -0.1) is 0 Å². The van der Waals surface area contributed by atoms with Crippen molar-refractivity contribution >= 4 is 53.7 Å². The van der Waals surface area contributed by atoms with E-state index >= 15 is 0 Å². The number of carbonyl (C=O) groups excluding carboxylic acids is 9. The van der Waals surface area contributed by atoms with Gasteiger partial charge >= 0.3 is 53.7 Å². The summed E-state index contributed by atoms with van der Waals surface area (Å²) in [6.07, 6.45) is -14.0. The van der Waals surface area contributed by atoms with Crippen molar-refractivity contribution in [3.05, 3.63) is 71.5 Å². The topological polar surface area (TPSA) is 292 Å². The van der Waals surface area contributed by atoms with Crippen molar-refractivity contribution in [1.82, 2.24) is 0 Å². The van der Waals surface area contributed by atoms with E-state index in [0.717, 1.165) is 61.8 Å². The second-order valence-corrected chi connectivity index (χ2v) is 17.1. The number of methoxy groups -OCH3 is 1. The Kier molecular flexibility index (Phi) is 17.9. The Balaban J connectivity index is 1.45. The molecule has 4 aliphatic heterocycles. The molecule has 24 nitrogen and oxygen atoms in total. The molecule has 392 valence electrons. The van der Waals surface area contributed by atoms with Crippen LogP contribution in [0.4, 0.5) is 0 Å². The minimum atomic E-state index is -1.88. The van der Waals surface area contributed by atoms with E-state index in [9.17, 15) is 43.2 Å². The molecule has 5 aliphatic rings. The molecule has 0 aromatic heterocycles. The van der Waals surface area contributed by atoms with Crippen LogP contribution in [-0.4, -0.2) is 153 Å². The number of hydrogen-bond donors (Lipinski definition) is 0. The minimum Gasteiger partial charge on any atom is -0.471 e. The van der Waals surface area contributed by atoms with E-state index in [1.807, 2.05) is 0 Å². The van der Waals surface area contributed by atoms with Gasteiger partial charge in [0.2, 0.25) is 12.6 Å². The lowest BCUT2D eigenvalue weighted by atomic mass is 9.78. The summed E-state index contributed by atoms with van der Waals surface area (Å²) >= 11 is 0. The maximum absolute atomic E-state index is 13.5. The average molecular weight is 1020 g/mol. The summed E-state index contributed by atoms with van der Waals surface area (Å²) in [5.74, 6) is -9.91. The highest BCUT2D eigenvalue weighted by atomic mass is 16.8. The molecule has 1 unspecified atom stereocenters. The zero-order chi connectivity index (χ0) is 52.6. The predicted octanol–water partition coefficient (Wildman–Crippen LogP) is 1.67. The Morgan fingerprint density at radius 3 is 1.74 bits per heavy atom. The molecule has 1 aromatic carbocycles. The Bertz CT molecular complexity index is 2320. The minimum absolute atomic E-state index is 0.00855. The van der Waals surface area contributed by atoms with Crippen LogP contribution in [0.2, 0.25) is 0 Å². The summed E-state index contributed by atoms with van der Waals surface area (Å²) in [5.41, 5.74) is -1.06. The monoisotopic (exact) mass is 1020 g/mol. The Labute approximate surface area is 412 Å². The van der Waals surface area contributed by atoms with Crippen molar-refractivity contribution in [3.63, 3.8) is 0 Å². The Hall–Kier alpha value is -6.73. The summed E-state index contributed by atoms with van der Waals surface area (Å²) in [6, 6.07) is 8.89. The van der Waals surface area contributed by atoms with Crippen molar-refractivity contribution < 1.29 is 114 Å². The van der Waals surface area contributed by atoms with Crippen LogP contribution < -0.4 is 0 Å². The zero-order valence-electron chi connectivity index (χ0n) is 40.7. The molecule has 15 atom stereocenters. The number of fused-ring (bicyclic) bond motifs is 2. The normalized spacial score (nSPS) is 31.7. The molecule has 4 heterocycles. The molecule has 0 bridgehead atoms. The van der Waals surface area contributed by atoms with Crippen LogP contribution in [-0.2, 0) is 121 Å². The van der Waals surface area contributed by atoms with Gasteiger partial charge in [0.25, 0.3) is 0 Å². The van der Waals surface area contributed by atoms with Gasteiger partial charge in [0.1, 0.15) is 31.0 Å². The molecular weight excluding hydrogens is 961 g/mol. The fourth-order valence-electron chi connectivity index (χ4n) is 8.94. The van der Waals surface area contributed by atoms with E-state index < -0.39 is 158 Å². The molecule has 2 saturated heterocycles. The lowest BCUT2D eigenvalue weighted by Crippen LogP contribution is -2.67. The first-order valence-corrected chi connectivity index (χ1v) is 22.6. The van der Waals surface area contributed by atoms with Crippen LogP contribution in [0.5, 0.6) is 0 Å². The average Bonchev–Trinajstić information content (AvgIpc) is 3.84. The molecular formula is C48H56O24. The standard InChI is InChI=1S/C48H56O24/c1-22(62-24(3)50)32-17-48(72-44(32)57)16-15-31-33(43(56)58-9)19-61-45(36(31)48)71-47-42(67-29(8)55)40(65-27(6)53)38(34(68-47)20-59-18-30-13-11-10-12-14-30)70-46-41(66-28(7)54)39(64-26(5)52)37(63-25(4)51)35(69-46)21-60-23(2)49/h10-17,19,22,31,34-42,45-47H,18,20-21H2,1-9H3/t22-,31+,34+,35+,36+,37-,38+,39-,40-,41+,42+,45+,46-,47-,48?/m0/s1. The molecule has 0 N–H and O–H groups in total. The van der Waals surface area contributed by atoms with E-state index in [1.165, 1.54) is 19.1 Å². The number of esters is 9. The Morgan fingerprint density at radius 2 is 1.18 bits per heavy atom. The van der Waals surface area contributed by atoms with E-state index in [-0.39, 0.29) is 17.8 Å². The quantitative estimate of drug-likeness (QED) is 0.115. The highest BCUT2D eigenvalue weighted by Crippen LogP contribution is 2.51. The van der Waals surface area contributed by atoms with Crippen molar-refractivity contribution in [2.24, 2.45) is 11.8 Å². The summed E-state index contributed by atoms with van der Waals surface area (Å²) in [7, 11) is 1.15. The summed E-state index contributed by atoms with van der Waals surface area (Å²) < 4.78 is 88.2. The summed E-state index contributed by atoms with van der Waals surface area (Å²) in [4.78, 5) is 115. The maximum atomic E-state index is 13.5. The van der Waals surface area contributed by atoms with Gasteiger partial charge in [0.15, 0.2) is 42.4 Å². The molecule has 1 aromatic rings. The van der Waals surface area contributed by atoms with Gasteiger partial charge in [0, 0.05) is 54.4 Å². The number of rotatable bonds is 18. The van der Waals surface area contributed by atoms with E-state index in [2.05, 4.69) is 0 Å². The van der Waals surface area contributed by atoms with Gasteiger partial charge in [-0.25, -0.2) is 9.59 Å². The van der Waals surface area contributed by atoms with Crippen LogP contribution in [0, 0.1) is 11.8 Å². The summed E-state index contributed by atoms with van der Waals surface area (Å²) in [5, 5.41) is 0. The number of ether oxygens (including phenoxy) is 15. The first-order valence-electron chi connectivity index (χ1n) is 22.6. The van der Waals surface area contributed by atoms with Gasteiger partial charge < -0.3 is 71.1 Å². The van der Waals surface area contributed by atoms with Crippen molar-refractivity contribution in [3.8, 4) is 0 Å². The predicted molar refractivity (Wildman–Crippen MR) is 233 cm³/mol. The van der Waals surface area contributed by atoms with E-state index in [0.29, 0.717) is 5.56 Å². The maximum Gasteiger partial charge on any atom is 0.338 e. The number of allylic oxidation sites excluding steroid dienone is 1. The molecule has 2 fully saturated rings. The molecule has 72 heavy (non-hydrogen) atoms. The zero-order valence-corrected chi connectivity index (χ0v) is 40.7. The molecule has 0 amide bonds.